The van der Waals surface area contributed by atoms with Crippen molar-refractivity contribution in [2.45, 2.75) is 12.5 Å². The number of aromatic nitrogens is 2. The summed E-state index contributed by atoms with van der Waals surface area (Å²) in [6.45, 7) is 0. The second-order valence-electron chi connectivity index (χ2n) is 4.04. The van der Waals surface area contributed by atoms with Crippen molar-refractivity contribution in [2.75, 3.05) is 5.32 Å². The number of phenolic OH excluding ortho intramolecular Hbond substituents is 1. The van der Waals surface area contributed by atoms with E-state index < -0.39 is 6.04 Å². The molecule has 1 unspecified atom stereocenters. The van der Waals surface area contributed by atoms with E-state index in [0.717, 1.165) is 5.56 Å². The van der Waals surface area contributed by atoms with Crippen molar-refractivity contribution in [1.82, 2.24) is 9.97 Å². The summed E-state index contributed by atoms with van der Waals surface area (Å²) in [6, 6.07) is 7.52. The molecule has 1 atom stereocenters. The predicted octanol–water partition coefficient (Wildman–Crippen LogP) is 0.691. The van der Waals surface area contributed by atoms with Crippen molar-refractivity contribution in [3.05, 3.63) is 48.3 Å². The van der Waals surface area contributed by atoms with Crippen molar-refractivity contribution in [2.24, 2.45) is 5.73 Å². The smallest absolute Gasteiger partial charge is 0.243 e. The highest BCUT2D eigenvalue weighted by Crippen LogP contribution is 2.11. The third-order valence-electron chi connectivity index (χ3n) is 2.53. The molecule has 0 aliphatic rings. The number of nitrogens with two attached hydrogens (primary N) is 1. The van der Waals surface area contributed by atoms with Crippen LogP contribution in [-0.4, -0.2) is 27.0 Å². The summed E-state index contributed by atoms with van der Waals surface area (Å²) in [5.41, 5.74) is 6.67. The second-order valence-corrected chi connectivity index (χ2v) is 4.04. The lowest BCUT2D eigenvalue weighted by Gasteiger charge is -2.11. The first-order valence-corrected chi connectivity index (χ1v) is 5.76. The average molecular weight is 258 g/mol. The molecule has 2 rings (SSSR count). The van der Waals surface area contributed by atoms with Crippen LogP contribution in [0.4, 0.5) is 5.95 Å². The zero-order valence-electron chi connectivity index (χ0n) is 10.2. The Morgan fingerprint density at radius 3 is 2.53 bits per heavy atom. The maximum absolute atomic E-state index is 11.8. The first kappa shape index (κ1) is 13.0. The summed E-state index contributed by atoms with van der Waals surface area (Å²) >= 11 is 0. The summed E-state index contributed by atoms with van der Waals surface area (Å²) in [6.07, 6.45) is 3.45. The monoisotopic (exact) mass is 258 g/mol. The van der Waals surface area contributed by atoms with Crippen molar-refractivity contribution in [3.8, 4) is 5.75 Å². The molecule has 0 aliphatic heterocycles. The molecule has 0 spiro atoms. The van der Waals surface area contributed by atoms with Crippen molar-refractivity contribution in [3.63, 3.8) is 0 Å². The largest absolute Gasteiger partial charge is 0.508 e. The first-order chi connectivity index (χ1) is 9.15. The Hall–Kier alpha value is -2.47. The Balaban J connectivity index is 1.94. The molecule has 0 saturated carbocycles. The van der Waals surface area contributed by atoms with Gasteiger partial charge in [0.15, 0.2) is 0 Å². The van der Waals surface area contributed by atoms with Crippen LogP contribution in [0.2, 0.25) is 0 Å². The average Bonchev–Trinajstić information content (AvgIpc) is 2.42. The summed E-state index contributed by atoms with van der Waals surface area (Å²) in [5, 5.41) is 11.7. The minimum atomic E-state index is -0.701. The fraction of sp³-hybridized carbons (Fsp3) is 0.154. The van der Waals surface area contributed by atoms with Crippen LogP contribution in [-0.2, 0) is 11.2 Å². The third-order valence-corrected chi connectivity index (χ3v) is 2.53. The molecule has 4 N–H and O–H groups in total. The zero-order chi connectivity index (χ0) is 13.7. The van der Waals surface area contributed by atoms with Crippen LogP contribution in [0.15, 0.2) is 42.7 Å². The highest BCUT2D eigenvalue weighted by molar-refractivity contribution is 5.93. The molecule has 98 valence electrons. The predicted molar refractivity (Wildman–Crippen MR) is 70.4 cm³/mol. The number of carbonyl (C=O) groups excluding carboxylic acids is 1. The molecule has 0 fully saturated rings. The van der Waals surface area contributed by atoms with Gasteiger partial charge in [0, 0.05) is 12.4 Å². The van der Waals surface area contributed by atoms with Gasteiger partial charge in [-0.25, -0.2) is 9.97 Å². The van der Waals surface area contributed by atoms with E-state index in [2.05, 4.69) is 15.3 Å². The van der Waals surface area contributed by atoms with E-state index in [4.69, 9.17) is 10.8 Å². The summed E-state index contributed by atoms with van der Waals surface area (Å²) in [5.74, 6) is 0.0624. The highest BCUT2D eigenvalue weighted by Gasteiger charge is 2.15. The number of hydrogen-bond acceptors (Lipinski definition) is 5. The number of carbonyl (C=O) groups is 1. The molecule has 6 nitrogen and oxygen atoms in total. The number of nitrogens with one attached hydrogen (secondary N) is 1. The lowest BCUT2D eigenvalue weighted by atomic mass is 10.1. The Kier molecular flexibility index (Phi) is 4.04. The molecule has 19 heavy (non-hydrogen) atoms. The molecule has 0 saturated heterocycles. The minimum Gasteiger partial charge on any atom is -0.508 e. The van der Waals surface area contributed by atoms with E-state index in [1.54, 1.807) is 30.3 Å². The number of phenols is 1. The van der Waals surface area contributed by atoms with Gasteiger partial charge in [0.05, 0.1) is 6.04 Å². The molecule has 1 aromatic heterocycles. The fourth-order valence-corrected chi connectivity index (χ4v) is 1.55. The lowest BCUT2D eigenvalue weighted by molar-refractivity contribution is -0.117. The molecule has 0 aliphatic carbocycles. The van der Waals surface area contributed by atoms with Crippen molar-refractivity contribution >= 4 is 11.9 Å². The van der Waals surface area contributed by atoms with Gasteiger partial charge >= 0.3 is 0 Å². The van der Waals surface area contributed by atoms with Crippen molar-refractivity contribution < 1.29 is 9.90 Å². The van der Waals surface area contributed by atoms with E-state index in [1.807, 2.05) is 0 Å². The standard InChI is InChI=1S/C13H14N4O2/c14-11(8-9-2-4-10(18)5-3-9)12(19)17-13-15-6-1-7-16-13/h1-7,11,18H,8,14H2,(H,15,16,17,19). The van der Waals surface area contributed by atoms with E-state index in [-0.39, 0.29) is 17.6 Å². The van der Waals surface area contributed by atoms with E-state index >= 15 is 0 Å². The molecule has 0 radical (unpaired) electrons. The topological polar surface area (TPSA) is 101 Å². The zero-order valence-corrected chi connectivity index (χ0v) is 10.2. The number of anilines is 1. The van der Waals surface area contributed by atoms with E-state index in [0.29, 0.717) is 6.42 Å². The molecule has 1 heterocycles. The van der Waals surface area contributed by atoms with Gasteiger partial charge in [-0.2, -0.15) is 0 Å². The van der Waals surface area contributed by atoms with Crippen molar-refractivity contribution in [1.29, 1.82) is 0 Å². The van der Waals surface area contributed by atoms with E-state index in [9.17, 15) is 4.79 Å². The molecule has 0 bridgehead atoms. The summed E-state index contributed by atoms with van der Waals surface area (Å²) in [7, 11) is 0. The van der Waals surface area contributed by atoms with Gasteiger partial charge in [-0.1, -0.05) is 12.1 Å². The maximum atomic E-state index is 11.8. The number of hydrogen-bond donors (Lipinski definition) is 3. The number of amides is 1. The number of benzene rings is 1. The van der Waals surface area contributed by atoms with Gasteiger partial charge in [-0.05, 0) is 30.2 Å². The van der Waals surface area contributed by atoms with Crippen LogP contribution in [0.1, 0.15) is 5.56 Å². The van der Waals surface area contributed by atoms with Gasteiger partial charge in [0.25, 0.3) is 0 Å². The van der Waals surface area contributed by atoms with Crippen LogP contribution in [0, 0.1) is 0 Å². The Morgan fingerprint density at radius 2 is 1.89 bits per heavy atom. The fourth-order valence-electron chi connectivity index (χ4n) is 1.55. The first-order valence-electron chi connectivity index (χ1n) is 5.76. The van der Waals surface area contributed by atoms with Crippen LogP contribution in [0.25, 0.3) is 0 Å². The Morgan fingerprint density at radius 1 is 1.26 bits per heavy atom. The Labute approximate surface area is 110 Å². The second kappa shape index (κ2) is 5.92. The lowest BCUT2D eigenvalue weighted by Crippen LogP contribution is -2.37. The molecule has 1 amide bonds. The molecule has 1 aromatic carbocycles. The Bertz CT molecular complexity index is 542. The summed E-state index contributed by atoms with van der Waals surface area (Å²) in [4.78, 5) is 19.6. The van der Waals surface area contributed by atoms with Gasteiger partial charge in [0.2, 0.25) is 11.9 Å². The quantitative estimate of drug-likeness (QED) is 0.749. The summed E-state index contributed by atoms with van der Waals surface area (Å²) < 4.78 is 0. The maximum Gasteiger partial charge on any atom is 0.243 e. The van der Waals surface area contributed by atoms with Gasteiger partial charge in [-0.15, -0.1) is 0 Å². The number of aromatic hydroxyl groups is 1. The van der Waals surface area contributed by atoms with Gasteiger partial charge in [0.1, 0.15) is 5.75 Å². The van der Waals surface area contributed by atoms with E-state index in [1.165, 1.54) is 12.4 Å². The molecular formula is C13H14N4O2. The number of rotatable bonds is 4. The van der Waals surface area contributed by atoms with Crippen LogP contribution < -0.4 is 11.1 Å². The SMILES string of the molecule is NC(Cc1ccc(O)cc1)C(=O)Nc1ncccn1. The molecule has 6 heteroatoms. The van der Waals surface area contributed by atoms with Crippen LogP contribution in [0.5, 0.6) is 5.75 Å². The molecular weight excluding hydrogens is 244 g/mol. The van der Waals surface area contributed by atoms with Crippen LogP contribution >= 0.6 is 0 Å². The van der Waals surface area contributed by atoms with Gasteiger partial charge in [-0.3, -0.25) is 10.1 Å². The third kappa shape index (κ3) is 3.75. The highest BCUT2D eigenvalue weighted by atomic mass is 16.3. The normalized spacial score (nSPS) is 11.8. The number of nitrogens with zero attached hydrogens (tertiary/aromatic N) is 2. The molecule has 2 aromatic rings. The van der Waals surface area contributed by atoms with Gasteiger partial charge < -0.3 is 10.8 Å². The van der Waals surface area contributed by atoms with Crippen LogP contribution in [0.3, 0.4) is 0 Å². The minimum absolute atomic E-state index is 0.180.